The highest BCUT2D eigenvalue weighted by Gasteiger charge is 2.15. The average Bonchev–Trinajstić information content (AvgIpc) is 2.85. The van der Waals surface area contributed by atoms with Crippen LogP contribution in [0.2, 0.25) is 0 Å². The molecule has 0 aliphatic carbocycles. The molecule has 2 heterocycles. The van der Waals surface area contributed by atoms with Crippen LogP contribution in [0.3, 0.4) is 0 Å². The summed E-state index contributed by atoms with van der Waals surface area (Å²) < 4.78 is 0. The van der Waals surface area contributed by atoms with Crippen LogP contribution in [0.1, 0.15) is 19.3 Å². The number of thiocarbonyl (C=S) groups is 1. The quantitative estimate of drug-likeness (QED) is 0.400. The largest absolute Gasteiger partial charge is 0.349 e. The number of aromatic nitrogens is 2. The standard InChI is InChI=1S/C26H24N4S/c31-26(30-16-8-3-9-17-30)27-21-14-15-22-23(18-21)29-25(20-12-6-2-7-13-20)24(28-22)19-10-4-1-5-11-19/h1-2,4-7,10-15,18H,3,8-9,16-17H2,(H,27,31). The van der Waals surface area contributed by atoms with Crippen LogP contribution in [0, 0.1) is 0 Å². The highest BCUT2D eigenvalue weighted by atomic mass is 32.1. The molecule has 1 aliphatic rings. The summed E-state index contributed by atoms with van der Waals surface area (Å²) in [6, 6.07) is 26.6. The molecule has 0 radical (unpaired) electrons. The number of rotatable bonds is 3. The van der Waals surface area contributed by atoms with E-state index in [9.17, 15) is 0 Å². The van der Waals surface area contributed by atoms with Gasteiger partial charge in [0.2, 0.25) is 0 Å². The minimum Gasteiger partial charge on any atom is -0.349 e. The number of hydrogen-bond donors (Lipinski definition) is 1. The van der Waals surface area contributed by atoms with Crippen molar-refractivity contribution < 1.29 is 0 Å². The van der Waals surface area contributed by atoms with Crippen molar-refractivity contribution in [1.29, 1.82) is 0 Å². The fraction of sp³-hybridized carbons (Fsp3) is 0.192. The molecule has 1 aromatic heterocycles. The van der Waals surface area contributed by atoms with E-state index in [1.54, 1.807) is 0 Å². The maximum atomic E-state index is 5.64. The Morgan fingerprint density at radius 3 is 1.90 bits per heavy atom. The van der Waals surface area contributed by atoms with E-state index in [1.807, 2.05) is 54.6 Å². The van der Waals surface area contributed by atoms with E-state index in [4.69, 9.17) is 22.2 Å². The summed E-state index contributed by atoms with van der Waals surface area (Å²) in [5, 5.41) is 4.19. The molecule has 0 amide bonds. The Morgan fingerprint density at radius 2 is 1.29 bits per heavy atom. The summed E-state index contributed by atoms with van der Waals surface area (Å²) in [6.07, 6.45) is 3.69. The van der Waals surface area contributed by atoms with E-state index in [1.165, 1.54) is 19.3 Å². The first-order chi connectivity index (χ1) is 15.3. The van der Waals surface area contributed by atoms with Crippen LogP contribution in [-0.4, -0.2) is 33.1 Å². The lowest BCUT2D eigenvalue weighted by Crippen LogP contribution is -2.38. The fourth-order valence-electron chi connectivity index (χ4n) is 4.03. The molecule has 0 unspecified atom stereocenters. The first-order valence-electron chi connectivity index (χ1n) is 10.8. The molecule has 3 aromatic carbocycles. The van der Waals surface area contributed by atoms with E-state index >= 15 is 0 Å². The highest BCUT2D eigenvalue weighted by Crippen LogP contribution is 2.31. The lowest BCUT2D eigenvalue weighted by Gasteiger charge is -2.29. The van der Waals surface area contributed by atoms with Crippen LogP contribution in [0.15, 0.2) is 78.9 Å². The predicted molar refractivity (Wildman–Crippen MR) is 132 cm³/mol. The molecule has 5 rings (SSSR count). The minimum absolute atomic E-state index is 0.788. The van der Waals surface area contributed by atoms with Gasteiger partial charge in [-0.25, -0.2) is 9.97 Å². The third kappa shape index (κ3) is 4.28. The molecule has 4 nitrogen and oxygen atoms in total. The Balaban J connectivity index is 1.55. The van der Waals surface area contributed by atoms with Gasteiger partial charge in [0, 0.05) is 29.9 Å². The Bertz CT molecular complexity index is 1200. The molecule has 0 atom stereocenters. The van der Waals surface area contributed by atoms with Gasteiger partial charge in [-0.3, -0.25) is 0 Å². The molecular formula is C26H24N4S. The van der Waals surface area contributed by atoms with Crippen LogP contribution >= 0.6 is 12.2 Å². The number of nitrogens with one attached hydrogen (secondary N) is 1. The summed E-state index contributed by atoms with van der Waals surface area (Å²) in [7, 11) is 0. The van der Waals surface area contributed by atoms with Crippen LogP contribution < -0.4 is 5.32 Å². The summed E-state index contributed by atoms with van der Waals surface area (Å²) in [6.45, 7) is 2.05. The maximum absolute atomic E-state index is 5.64. The third-order valence-corrected chi connectivity index (χ3v) is 6.01. The SMILES string of the molecule is S=C(Nc1ccc2nc(-c3ccccc3)c(-c3ccccc3)nc2c1)N1CCCCC1. The highest BCUT2D eigenvalue weighted by molar-refractivity contribution is 7.80. The normalized spacial score (nSPS) is 13.9. The lowest BCUT2D eigenvalue weighted by molar-refractivity contribution is 0.346. The maximum Gasteiger partial charge on any atom is 0.173 e. The lowest BCUT2D eigenvalue weighted by atomic mass is 10.0. The van der Waals surface area contributed by atoms with Crippen LogP contribution in [0.4, 0.5) is 5.69 Å². The molecule has 0 spiro atoms. The molecule has 5 heteroatoms. The second kappa shape index (κ2) is 8.82. The van der Waals surface area contributed by atoms with E-state index in [-0.39, 0.29) is 0 Å². The minimum atomic E-state index is 0.788. The summed E-state index contributed by atoms with van der Waals surface area (Å²) in [4.78, 5) is 12.3. The van der Waals surface area contributed by atoms with Gasteiger partial charge in [-0.1, -0.05) is 60.7 Å². The van der Waals surface area contributed by atoms with Crippen molar-refractivity contribution in [3.63, 3.8) is 0 Å². The fourth-order valence-corrected chi connectivity index (χ4v) is 4.33. The van der Waals surface area contributed by atoms with Crippen LogP contribution in [0.25, 0.3) is 33.5 Å². The molecule has 154 valence electrons. The summed E-state index contributed by atoms with van der Waals surface area (Å²) in [5.41, 5.74) is 6.56. The molecule has 0 bridgehead atoms. The Hall–Kier alpha value is -3.31. The molecule has 31 heavy (non-hydrogen) atoms. The van der Waals surface area contributed by atoms with Gasteiger partial charge in [-0.2, -0.15) is 0 Å². The molecule has 1 fully saturated rings. The van der Waals surface area contributed by atoms with Crippen molar-refractivity contribution in [2.24, 2.45) is 0 Å². The topological polar surface area (TPSA) is 41.1 Å². The smallest absolute Gasteiger partial charge is 0.173 e. The van der Waals surface area contributed by atoms with Crippen LogP contribution in [-0.2, 0) is 0 Å². The number of hydrogen-bond acceptors (Lipinski definition) is 3. The van der Waals surface area contributed by atoms with E-state index in [0.29, 0.717) is 0 Å². The predicted octanol–water partition coefficient (Wildman–Crippen LogP) is 6.15. The zero-order valence-corrected chi connectivity index (χ0v) is 18.1. The van der Waals surface area contributed by atoms with Crippen molar-refractivity contribution in [3.05, 3.63) is 78.9 Å². The molecule has 4 aromatic rings. The second-order valence-electron chi connectivity index (χ2n) is 7.83. The average molecular weight is 425 g/mol. The number of piperidine rings is 1. The van der Waals surface area contributed by atoms with Gasteiger partial charge in [0.25, 0.3) is 0 Å². The van der Waals surface area contributed by atoms with E-state index in [2.05, 4.69) is 34.5 Å². The zero-order chi connectivity index (χ0) is 21.0. The van der Waals surface area contributed by atoms with Crippen molar-refractivity contribution in [3.8, 4) is 22.5 Å². The van der Waals surface area contributed by atoms with Gasteiger partial charge in [-0.15, -0.1) is 0 Å². The van der Waals surface area contributed by atoms with Gasteiger partial charge in [0.05, 0.1) is 22.4 Å². The van der Waals surface area contributed by atoms with Gasteiger partial charge in [0.15, 0.2) is 5.11 Å². The van der Waals surface area contributed by atoms with Gasteiger partial charge < -0.3 is 10.2 Å². The number of benzene rings is 3. The van der Waals surface area contributed by atoms with Crippen molar-refractivity contribution in [2.75, 3.05) is 18.4 Å². The van der Waals surface area contributed by atoms with Crippen molar-refractivity contribution >= 4 is 34.1 Å². The number of fused-ring (bicyclic) bond motifs is 1. The number of anilines is 1. The van der Waals surface area contributed by atoms with Gasteiger partial charge in [0.1, 0.15) is 0 Å². The first-order valence-corrected chi connectivity index (χ1v) is 11.2. The molecule has 1 N–H and O–H groups in total. The number of likely N-dealkylation sites (tertiary alicyclic amines) is 1. The number of nitrogens with zero attached hydrogens (tertiary/aromatic N) is 3. The Morgan fingerprint density at radius 1 is 0.710 bits per heavy atom. The second-order valence-corrected chi connectivity index (χ2v) is 8.22. The molecule has 1 aliphatic heterocycles. The summed E-state index contributed by atoms with van der Waals surface area (Å²) in [5.74, 6) is 0. The van der Waals surface area contributed by atoms with Crippen molar-refractivity contribution in [2.45, 2.75) is 19.3 Å². The molecule has 1 saturated heterocycles. The Kier molecular flexibility index (Phi) is 5.59. The van der Waals surface area contributed by atoms with E-state index < -0.39 is 0 Å². The van der Waals surface area contributed by atoms with E-state index in [0.717, 1.165) is 57.4 Å². The molecular weight excluding hydrogens is 400 g/mol. The third-order valence-electron chi connectivity index (χ3n) is 5.65. The zero-order valence-electron chi connectivity index (χ0n) is 17.3. The molecule has 0 saturated carbocycles. The van der Waals surface area contributed by atoms with Crippen molar-refractivity contribution in [1.82, 2.24) is 14.9 Å². The summed E-state index contributed by atoms with van der Waals surface area (Å²) >= 11 is 5.64. The first kappa shape index (κ1) is 19.6. The Labute approximate surface area is 188 Å². The van der Waals surface area contributed by atoms with Gasteiger partial charge in [-0.05, 0) is 49.7 Å². The van der Waals surface area contributed by atoms with Crippen LogP contribution in [0.5, 0.6) is 0 Å². The van der Waals surface area contributed by atoms with Gasteiger partial charge >= 0.3 is 0 Å². The monoisotopic (exact) mass is 424 g/mol.